The quantitative estimate of drug-likeness (QED) is 0.751. The van der Waals surface area contributed by atoms with E-state index in [4.69, 9.17) is 11.6 Å². The Kier molecular flexibility index (Phi) is 6.75. The van der Waals surface area contributed by atoms with Crippen molar-refractivity contribution < 1.29 is 17.6 Å². The molecule has 0 aromatic heterocycles. The Morgan fingerprint density at radius 2 is 1.62 bits per heavy atom. The van der Waals surface area contributed by atoms with Gasteiger partial charge in [-0.1, -0.05) is 35.9 Å². The molecule has 0 heterocycles. The van der Waals surface area contributed by atoms with E-state index in [-0.39, 0.29) is 18.4 Å². The Balaban J connectivity index is 2.10. The Labute approximate surface area is 157 Å². The summed E-state index contributed by atoms with van der Waals surface area (Å²) in [6.45, 7) is 1.82. The van der Waals surface area contributed by atoms with E-state index in [1.165, 1.54) is 24.3 Å². The minimum atomic E-state index is -3.55. The van der Waals surface area contributed by atoms with Crippen LogP contribution in [-0.4, -0.2) is 20.6 Å². The predicted molar refractivity (Wildman–Crippen MR) is 99.7 cm³/mol. The van der Waals surface area contributed by atoms with E-state index in [2.05, 4.69) is 10.0 Å². The first-order valence-electron chi connectivity index (χ1n) is 7.91. The fraction of sp³-hybridized carbons (Fsp3) is 0.278. The zero-order valence-electron chi connectivity index (χ0n) is 14.4. The molecule has 140 valence electrons. The van der Waals surface area contributed by atoms with Gasteiger partial charge in [-0.15, -0.1) is 0 Å². The zero-order chi connectivity index (χ0) is 19.3. The molecule has 0 aliphatic heterocycles. The maximum absolute atomic E-state index is 13.1. The van der Waals surface area contributed by atoms with Gasteiger partial charge in [-0.05, 0) is 42.3 Å². The van der Waals surface area contributed by atoms with Gasteiger partial charge in [0.15, 0.2) is 0 Å². The number of amides is 1. The Bertz CT molecular complexity index is 855. The molecule has 0 radical (unpaired) electrons. The molecule has 2 rings (SSSR count). The number of halogens is 2. The van der Waals surface area contributed by atoms with Crippen LogP contribution >= 0.6 is 11.6 Å². The van der Waals surface area contributed by atoms with Crippen molar-refractivity contribution in [1.82, 2.24) is 10.0 Å². The average molecular weight is 399 g/mol. The summed E-state index contributed by atoms with van der Waals surface area (Å²) < 4.78 is 38.7. The standard InChI is InChI=1S/C18H20ClFN2O3S/c1-12(13-3-7-15(19)8-4-13)21-18(23)11-17(22-26(2,24)25)14-5-9-16(20)10-6-14/h3-10,12,17,22H,11H2,1-2H3,(H,21,23)/t12-,17-/m1/s1. The molecule has 2 atom stereocenters. The van der Waals surface area contributed by atoms with Crippen LogP contribution in [0.5, 0.6) is 0 Å². The number of benzene rings is 2. The maximum atomic E-state index is 13.1. The zero-order valence-corrected chi connectivity index (χ0v) is 15.9. The molecule has 8 heteroatoms. The van der Waals surface area contributed by atoms with E-state index >= 15 is 0 Å². The van der Waals surface area contributed by atoms with Gasteiger partial charge in [-0.2, -0.15) is 0 Å². The summed E-state index contributed by atoms with van der Waals surface area (Å²) in [5.74, 6) is -0.773. The third-order valence-corrected chi connectivity index (χ3v) is 4.73. The number of carbonyl (C=O) groups excluding carboxylic acids is 1. The first-order chi connectivity index (χ1) is 12.1. The number of hydrogen-bond donors (Lipinski definition) is 2. The Hall–Kier alpha value is -1.96. The summed E-state index contributed by atoms with van der Waals surface area (Å²) in [6, 6.07) is 11.4. The number of hydrogen-bond acceptors (Lipinski definition) is 3. The van der Waals surface area contributed by atoms with Crippen LogP contribution in [0.3, 0.4) is 0 Å². The maximum Gasteiger partial charge on any atom is 0.222 e. The molecule has 1 amide bonds. The van der Waals surface area contributed by atoms with Crippen LogP contribution in [0, 0.1) is 5.82 Å². The Morgan fingerprint density at radius 3 is 2.15 bits per heavy atom. The number of sulfonamides is 1. The first-order valence-corrected chi connectivity index (χ1v) is 10.2. The SMILES string of the molecule is C[C@@H](NC(=O)C[C@@H](NS(C)(=O)=O)c1ccc(F)cc1)c1ccc(Cl)cc1. The lowest BCUT2D eigenvalue weighted by molar-refractivity contribution is -0.122. The number of carbonyl (C=O) groups is 1. The van der Waals surface area contributed by atoms with E-state index in [1.807, 2.05) is 6.92 Å². The summed E-state index contributed by atoms with van der Waals surface area (Å²) in [4.78, 5) is 12.4. The van der Waals surface area contributed by atoms with Crippen LogP contribution in [-0.2, 0) is 14.8 Å². The molecule has 26 heavy (non-hydrogen) atoms. The molecule has 0 aliphatic carbocycles. The lowest BCUT2D eigenvalue weighted by atomic mass is 10.0. The average Bonchev–Trinajstić information content (AvgIpc) is 2.54. The van der Waals surface area contributed by atoms with Gasteiger partial charge in [-0.3, -0.25) is 4.79 Å². The van der Waals surface area contributed by atoms with Crippen molar-refractivity contribution >= 4 is 27.5 Å². The van der Waals surface area contributed by atoms with Crippen molar-refractivity contribution in [3.05, 3.63) is 70.5 Å². The molecule has 5 nitrogen and oxygen atoms in total. The molecule has 2 aromatic rings. The third-order valence-electron chi connectivity index (χ3n) is 3.77. The highest BCUT2D eigenvalue weighted by molar-refractivity contribution is 7.88. The van der Waals surface area contributed by atoms with Crippen LogP contribution in [0.1, 0.15) is 36.6 Å². The van der Waals surface area contributed by atoms with E-state index < -0.39 is 21.9 Å². The molecule has 0 fully saturated rings. The van der Waals surface area contributed by atoms with Gasteiger partial charge in [0.05, 0.1) is 18.3 Å². The molecule has 2 aromatic carbocycles. The first kappa shape index (κ1) is 20.4. The van der Waals surface area contributed by atoms with Crippen molar-refractivity contribution in [1.29, 1.82) is 0 Å². The van der Waals surface area contributed by atoms with Gasteiger partial charge in [0.2, 0.25) is 15.9 Å². The molecule has 0 saturated carbocycles. The molecule has 0 bridgehead atoms. The van der Waals surface area contributed by atoms with Crippen molar-refractivity contribution in [2.75, 3.05) is 6.26 Å². The van der Waals surface area contributed by atoms with Crippen LogP contribution in [0.4, 0.5) is 4.39 Å². The van der Waals surface area contributed by atoms with Gasteiger partial charge in [0, 0.05) is 11.4 Å². The topological polar surface area (TPSA) is 75.3 Å². The van der Waals surface area contributed by atoms with Gasteiger partial charge in [0.25, 0.3) is 0 Å². The Morgan fingerprint density at radius 1 is 1.08 bits per heavy atom. The molecule has 0 unspecified atom stereocenters. The monoisotopic (exact) mass is 398 g/mol. The molecule has 0 spiro atoms. The second-order valence-corrected chi connectivity index (χ2v) is 8.26. The van der Waals surface area contributed by atoms with Gasteiger partial charge in [0.1, 0.15) is 5.82 Å². The van der Waals surface area contributed by atoms with Crippen LogP contribution in [0.15, 0.2) is 48.5 Å². The fourth-order valence-corrected chi connectivity index (χ4v) is 3.36. The number of nitrogens with one attached hydrogen (secondary N) is 2. The fourth-order valence-electron chi connectivity index (χ4n) is 2.50. The molecule has 2 N–H and O–H groups in total. The van der Waals surface area contributed by atoms with Gasteiger partial charge < -0.3 is 5.32 Å². The second-order valence-electron chi connectivity index (χ2n) is 6.04. The molecule has 0 aliphatic rings. The highest BCUT2D eigenvalue weighted by atomic mass is 35.5. The van der Waals surface area contributed by atoms with Crippen molar-refractivity contribution in [2.24, 2.45) is 0 Å². The molecular weight excluding hydrogens is 379 g/mol. The van der Waals surface area contributed by atoms with E-state index in [1.54, 1.807) is 24.3 Å². The molecular formula is C18H20ClFN2O3S. The summed E-state index contributed by atoms with van der Waals surface area (Å²) in [5.41, 5.74) is 1.38. The summed E-state index contributed by atoms with van der Waals surface area (Å²) in [7, 11) is -3.55. The van der Waals surface area contributed by atoms with Crippen LogP contribution in [0.2, 0.25) is 5.02 Å². The van der Waals surface area contributed by atoms with E-state index in [0.29, 0.717) is 10.6 Å². The summed E-state index contributed by atoms with van der Waals surface area (Å²) in [5, 5.41) is 3.42. The van der Waals surface area contributed by atoms with Crippen molar-refractivity contribution in [3.63, 3.8) is 0 Å². The smallest absolute Gasteiger partial charge is 0.222 e. The minimum absolute atomic E-state index is 0.114. The lowest BCUT2D eigenvalue weighted by Crippen LogP contribution is -2.34. The minimum Gasteiger partial charge on any atom is -0.350 e. The van der Waals surface area contributed by atoms with Gasteiger partial charge >= 0.3 is 0 Å². The highest BCUT2D eigenvalue weighted by Crippen LogP contribution is 2.20. The van der Waals surface area contributed by atoms with E-state index in [0.717, 1.165) is 11.8 Å². The van der Waals surface area contributed by atoms with Crippen molar-refractivity contribution in [3.8, 4) is 0 Å². The molecule has 0 saturated heterocycles. The predicted octanol–water partition coefficient (Wildman–Crippen LogP) is 3.34. The number of rotatable bonds is 7. The summed E-state index contributed by atoms with van der Waals surface area (Å²) >= 11 is 5.85. The van der Waals surface area contributed by atoms with Gasteiger partial charge in [-0.25, -0.2) is 17.5 Å². The lowest BCUT2D eigenvalue weighted by Gasteiger charge is -2.20. The largest absolute Gasteiger partial charge is 0.350 e. The highest BCUT2D eigenvalue weighted by Gasteiger charge is 2.21. The third kappa shape index (κ3) is 6.40. The van der Waals surface area contributed by atoms with Crippen LogP contribution in [0.25, 0.3) is 0 Å². The van der Waals surface area contributed by atoms with Crippen molar-refractivity contribution in [2.45, 2.75) is 25.4 Å². The van der Waals surface area contributed by atoms with Crippen LogP contribution < -0.4 is 10.0 Å². The normalized spacial score (nSPS) is 13.8. The van der Waals surface area contributed by atoms with E-state index in [9.17, 15) is 17.6 Å². The second kappa shape index (κ2) is 8.62. The summed E-state index contributed by atoms with van der Waals surface area (Å²) in [6.07, 6.45) is 0.897.